The molecule has 0 aliphatic rings. The van der Waals surface area contributed by atoms with Crippen LogP contribution >= 0.6 is 0 Å². The fraction of sp³-hybridized carbons (Fsp3) is 0.0833. The van der Waals surface area contributed by atoms with Crippen LogP contribution in [-0.2, 0) is 13.2 Å². The Labute approximate surface area is 186 Å². The van der Waals surface area contributed by atoms with Gasteiger partial charge in [-0.3, -0.25) is 9.48 Å². The van der Waals surface area contributed by atoms with Crippen molar-refractivity contribution < 1.29 is 27.1 Å². The van der Waals surface area contributed by atoms with Crippen molar-refractivity contribution in [2.75, 3.05) is 5.32 Å². The third kappa shape index (κ3) is 5.20. The summed E-state index contributed by atoms with van der Waals surface area (Å²) >= 11 is 0. The molecule has 1 heterocycles. The maximum absolute atomic E-state index is 13.7. The average Bonchev–Trinajstić information content (AvgIpc) is 3.25. The van der Waals surface area contributed by atoms with Crippen LogP contribution in [0.4, 0.5) is 23.4 Å². The summed E-state index contributed by atoms with van der Waals surface area (Å²) in [4.78, 5) is 12.5. The van der Waals surface area contributed by atoms with Gasteiger partial charge in [-0.1, -0.05) is 42.5 Å². The molecule has 1 amide bonds. The van der Waals surface area contributed by atoms with Crippen LogP contribution in [0.25, 0.3) is 0 Å². The van der Waals surface area contributed by atoms with Gasteiger partial charge in [0.2, 0.25) is 11.6 Å². The van der Waals surface area contributed by atoms with Crippen molar-refractivity contribution in [3.05, 3.63) is 113 Å². The van der Waals surface area contributed by atoms with Crippen molar-refractivity contribution in [2.24, 2.45) is 0 Å². The minimum Gasteiger partial charge on any atom is -0.483 e. The predicted molar refractivity (Wildman–Crippen MR) is 113 cm³/mol. The van der Waals surface area contributed by atoms with Gasteiger partial charge in [-0.2, -0.15) is 13.9 Å². The van der Waals surface area contributed by atoms with Crippen molar-refractivity contribution in [1.82, 2.24) is 9.78 Å². The minimum atomic E-state index is -1.61. The summed E-state index contributed by atoms with van der Waals surface area (Å²) < 4.78 is 60.5. The molecule has 168 valence electrons. The number of anilines is 1. The van der Waals surface area contributed by atoms with E-state index in [4.69, 9.17) is 4.74 Å². The van der Waals surface area contributed by atoms with Crippen molar-refractivity contribution in [2.45, 2.75) is 13.2 Å². The van der Waals surface area contributed by atoms with Crippen LogP contribution in [0.15, 0.2) is 72.9 Å². The summed E-state index contributed by atoms with van der Waals surface area (Å²) in [7, 11) is 0. The molecule has 0 saturated carbocycles. The Bertz CT molecular complexity index is 1250. The number of amides is 1. The van der Waals surface area contributed by atoms with Gasteiger partial charge in [0.25, 0.3) is 5.91 Å². The van der Waals surface area contributed by atoms with E-state index < -0.39 is 34.9 Å². The Kier molecular flexibility index (Phi) is 6.39. The lowest BCUT2D eigenvalue weighted by molar-refractivity contribution is 0.102. The number of ether oxygens (including phenoxy) is 1. The van der Waals surface area contributed by atoms with Gasteiger partial charge < -0.3 is 10.1 Å². The molecule has 0 saturated heterocycles. The molecule has 0 unspecified atom stereocenters. The Hall–Kier alpha value is -4.14. The molecule has 1 N–H and O–H groups in total. The van der Waals surface area contributed by atoms with Crippen LogP contribution in [0.5, 0.6) is 5.75 Å². The topological polar surface area (TPSA) is 56.2 Å². The first-order valence-electron chi connectivity index (χ1n) is 9.84. The van der Waals surface area contributed by atoms with Gasteiger partial charge in [-0.25, -0.2) is 8.78 Å². The molecule has 0 radical (unpaired) electrons. The molecule has 5 nitrogen and oxygen atoms in total. The second-order valence-electron chi connectivity index (χ2n) is 7.12. The maximum atomic E-state index is 13.7. The molecule has 0 aliphatic heterocycles. The lowest BCUT2D eigenvalue weighted by Crippen LogP contribution is -2.13. The molecule has 9 heteroatoms. The fourth-order valence-corrected chi connectivity index (χ4v) is 3.06. The Balaban J connectivity index is 1.36. The van der Waals surface area contributed by atoms with E-state index in [2.05, 4.69) is 10.4 Å². The van der Waals surface area contributed by atoms with E-state index in [1.54, 1.807) is 16.9 Å². The number of rotatable bonds is 7. The molecule has 0 atom stereocenters. The first-order valence-corrected chi connectivity index (χ1v) is 9.84. The van der Waals surface area contributed by atoms with Crippen LogP contribution in [0, 0.1) is 23.3 Å². The smallest absolute Gasteiger partial charge is 0.256 e. The second kappa shape index (κ2) is 9.56. The van der Waals surface area contributed by atoms with Gasteiger partial charge in [-0.15, -0.1) is 0 Å². The molecule has 0 aliphatic carbocycles. The second-order valence-corrected chi connectivity index (χ2v) is 7.12. The van der Waals surface area contributed by atoms with E-state index in [-0.39, 0.29) is 12.7 Å². The molecule has 1 aromatic heterocycles. The largest absolute Gasteiger partial charge is 0.483 e. The van der Waals surface area contributed by atoms with Crippen LogP contribution in [0.2, 0.25) is 0 Å². The highest BCUT2D eigenvalue weighted by atomic mass is 19.2. The molecule has 4 aromatic rings. The highest BCUT2D eigenvalue weighted by Crippen LogP contribution is 2.27. The van der Waals surface area contributed by atoms with E-state index in [9.17, 15) is 22.4 Å². The normalized spacial score (nSPS) is 10.8. The number of carbonyl (C=O) groups is 1. The van der Waals surface area contributed by atoms with E-state index >= 15 is 0 Å². The van der Waals surface area contributed by atoms with Gasteiger partial charge in [-0.05, 0) is 23.3 Å². The van der Waals surface area contributed by atoms with E-state index in [1.807, 2.05) is 30.3 Å². The number of hydrogen-bond donors (Lipinski definition) is 1. The molecular weight excluding hydrogens is 438 g/mol. The molecule has 0 spiro atoms. The van der Waals surface area contributed by atoms with Crippen LogP contribution < -0.4 is 10.1 Å². The van der Waals surface area contributed by atoms with Gasteiger partial charge >= 0.3 is 0 Å². The number of halogens is 4. The van der Waals surface area contributed by atoms with Crippen molar-refractivity contribution in [3.63, 3.8) is 0 Å². The summed E-state index contributed by atoms with van der Waals surface area (Å²) in [6.07, 6.45) is 1.75. The minimum absolute atomic E-state index is 0.107. The summed E-state index contributed by atoms with van der Waals surface area (Å²) in [5.41, 5.74) is 1.81. The highest BCUT2D eigenvalue weighted by Gasteiger charge is 2.20. The predicted octanol–water partition coefficient (Wildman–Crippen LogP) is 5.32. The van der Waals surface area contributed by atoms with Crippen molar-refractivity contribution >= 4 is 11.7 Å². The zero-order valence-corrected chi connectivity index (χ0v) is 17.1. The lowest BCUT2D eigenvalue weighted by atomic mass is 10.1. The Morgan fingerprint density at radius 3 is 2.21 bits per heavy atom. The number of aromatic nitrogens is 2. The summed E-state index contributed by atoms with van der Waals surface area (Å²) in [5.74, 6) is -7.50. The SMILES string of the molecule is O=C(Nc1ccn(Cc2ccccc2)n1)c1ccc(COc2c(F)c(F)cc(F)c2F)cc1. The summed E-state index contributed by atoms with van der Waals surface area (Å²) in [6.45, 7) is 0.199. The molecule has 0 bridgehead atoms. The quantitative estimate of drug-likeness (QED) is 0.303. The van der Waals surface area contributed by atoms with Gasteiger partial charge in [0.15, 0.2) is 23.2 Å². The lowest BCUT2D eigenvalue weighted by Gasteiger charge is -2.10. The molecular formula is C24H17F4N3O2. The molecule has 4 rings (SSSR count). The first kappa shape index (κ1) is 22.1. The number of carbonyl (C=O) groups excluding carboxylic acids is 1. The molecule has 0 fully saturated rings. The summed E-state index contributed by atoms with van der Waals surface area (Å²) in [5, 5.41) is 7.00. The fourth-order valence-electron chi connectivity index (χ4n) is 3.06. The zero-order chi connectivity index (χ0) is 23.4. The monoisotopic (exact) mass is 455 g/mol. The molecule has 3 aromatic carbocycles. The van der Waals surface area contributed by atoms with E-state index in [1.165, 1.54) is 24.3 Å². The maximum Gasteiger partial charge on any atom is 0.256 e. The number of nitrogens with one attached hydrogen (secondary N) is 1. The van der Waals surface area contributed by atoms with E-state index in [0.717, 1.165) is 5.56 Å². The standard InChI is InChI=1S/C24H17F4N3O2/c25-18-12-19(26)22(28)23(21(18)27)33-14-16-6-8-17(9-7-16)24(32)29-20-10-11-31(30-20)13-15-4-2-1-3-5-15/h1-12H,13-14H2,(H,29,30,32). The molecule has 33 heavy (non-hydrogen) atoms. The van der Waals surface area contributed by atoms with Gasteiger partial charge in [0.1, 0.15) is 6.61 Å². The van der Waals surface area contributed by atoms with Crippen LogP contribution in [-0.4, -0.2) is 15.7 Å². The van der Waals surface area contributed by atoms with Gasteiger partial charge in [0.05, 0.1) is 6.54 Å². The van der Waals surface area contributed by atoms with Gasteiger partial charge in [0, 0.05) is 23.9 Å². The number of hydrogen-bond acceptors (Lipinski definition) is 3. The zero-order valence-electron chi connectivity index (χ0n) is 17.1. The third-order valence-electron chi connectivity index (χ3n) is 4.74. The average molecular weight is 455 g/mol. The first-order chi connectivity index (χ1) is 15.9. The summed E-state index contributed by atoms with van der Waals surface area (Å²) in [6, 6.07) is 17.5. The van der Waals surface area contributed by atoms with Crippen LogP contribution in [0.1, 0.15) is 21.5 Å². The Morgan fingerprint density at radius 2 is 1.55 bits per heavy atom. The van der Waals surface area contributed by atoms with Crippen molar-refractivity contribution in [1.29, 1.82) is 0 Å². The Morgan fingerprint density at radius 1 is 0.879 bits per heavy atom. The van der Waals surface area contributed by atoms with E-state index in [0.29, 0.717) is 23.5 Å². The highest BCUT2D eigenvalue weighted by molar-refractivity contribution is 6.03. The number of benzene rings is 3. The van der Waals surface area contributed by atoms with Crippen LogP contribution in [0.3, 0.4) is 0 Å². The van der Waals surface area contributed by atoms with Crippen molar-refractivity contribution in [3.8, 4) is 5.75 Å². The third-order valence-corrected chi connectivity index (χ3v) is 4.74. The number of nitrogens with zero attached hydrogens (tertiary/aromatic N) is 2.